The van der Waals surface area contributed by atoms with Gasteiger partial charge in [0.1, 0.15) is 11.9 Å². The van der Waals surface area contributed by atoms with E-state index in [1.54, 1.807) is 6.92 Å². The van der Waals surface area contributed by atoms with Crippen molar-refractivity contribution >= 4 is 11.8 Å². The molecule has 1 aromatic rings. The Hall–Kier alpha value is -1.66. The van der Waals surface area contributed by atoms with E-state index in [0.29, 0.717) is 0 Å². The summed E-state index contributed by atoms with van der Waals surface area (Å²) in [5.74, 6) is 0.381. The topological polar surface area (TPSA) is 68.7 Å². The minimum atomic E-state index is -0.718. The monoisotopic (exact) mass is 360 g/mol. The molecule has 0 bridgehead atoms. The van der Waals surface area contributed by atoms with Gasteiger partial charge in [0.05, 0.1) is 0 Å². The van der Waals surface area contributed by atoms with Crippen molar-refractivity contribution in [2.24, 2.45) is 0 Å². The van der Waals surface area contributed by atoms with Crippen LogP contribution in [-0.4, -0.2) is 71.2 Å². The van der Waals surface area contributed by atoms with E-state index in [9.17, 15) is 4.79 Å². The van der Waals surface area contributed by atoms with E-state index in [1.165, 1.54) is 36.9 Å². The Morgan fingerprint density at radius 3 is 2.81 bits per heavy atom. The Morgan fingerprint density at radius 2 is 2.04 bits per heavy atom. The molecule has 3 rings (SSSR count). The number of piperazine rings is 1. The van der Waals surface area contributed by atoms with Crippen molar-refractivity contribution in [2.75, 3.05) is 44.6 Å². The minimum absolute atomic E-state index is 0.365. The van der Waals surface area contributed by atoms with Crippen molar-refractivity contribution in [3.8, 4) is 0 Å². The average Bonchev–Trinajstić information content (AvgIpc) is 2.67. The number of nitrogens with zero attached hydrogens (tertiary/aromatic N) is 3. The number of carboxylic acids is 1. The summed E-state index contributed by atoms with van der Waals surface area (Å²) in [6.45, 7) is 7.63. The highest BCUT2D eigenvalue weighted by Crippen LogP contribution is 2.20. The summed E-state index contributed by atoms with van der Waals surface area (Å²) in [6.07, 6.45) is 7.02. The summed E-state index contributed by atoms with van der Waals surface area (Å²) < 4.78 is 0. The molecule has 1 fully saturated rings. The predicted octanol–water partition coefficient (Wildman–Crippen LogP) is 2.24. The lowest BCUT2D eigenvalue weighted by atomic mass is 10.1. The smallest absolute Gasteiger partial charge is 0.320 e. The van der Waals surface area contributed by atoms with Crippen LogP contribution < -0.4 is 5.32 Å². The van der Waals surface area contributed by atoms with Crippen LogP contribution >= 0.6 is 0 Å². The highest BCUT2D eigenvalue weighted by atomic mass is 16.4. The standard InChI is InChI=1S/C20H32N4O2/c1-16(20(25)26)24-14-12-23(13-15-24)11-4-2-3-7-18-9-8-17-6-5-10-21-19(17)22-18/h8-9,16H,2-7,10-15H2,1H3,(H,21,22)(H,25,26). The molecular weight excluding hydrogens is 328 g/mol. The lowest BCUT2D eigenvalue weighted by molar-refractivity contribution is -0.143. The number of nitrogens with one attached hydrogen (secondary N) is 1. The second-order valence-electron chi connectivity index (χ2n) is 7.54. The van der Waals surface area contributed by atoms with Crippen molar-refractivity contribution in [2.45, 2.75) is 51.5 Å². The van der Waals surface area contributed by atoms with Gasteiger partial charge in [0.15, 0.2) is 0 Å². The van der Waals surface area contributed by atoms with Gasteiger partial charge in [-0.05, 0) is 57.2 Å². The van der Waals surface area contributed by atoms with Crippen LogP contribution in [-0.2, 0) is 17.6 Å². The van der Waals surface area contributed by atoms with Gasteiger partial charge in [-0.25, -0.2) is 4.98 Å². The zero-order valence-electron chi connectivity index (χ0n) is 15.9. The minimum Gasteiger partial charge on any atom is -0.480 e. The summed E-state index contributed by atoms with van der Waals surface area (Å²) in [6, 6.07) is 4.06. The van der Waals surface area contributed by atoms with Crippen LogP contribution in [0.1, 0.15) is 43.9 Å². The van der Waals surface area contributed by atoms with E-state index in [-0.39, 0.29) is 6.04 Å². The molecule has 3 heterocycles. The number of rotatable bonds is 8. The van der Waals surface area contributed by atoms with Gasteiger partial charge in [0.25, 0.3) is 0 Å². The summed E-state index contributed by atoms with van der Waals surface area (Å²) in [7, 11) is 0. The van der Waals surface area contributed by atoms with Crippen molar-refractivity contribution in [1.82, 2.24) is 14.8 Å². The molecule has 1 atom stereocenters. The lowest BCUT2D eigenvalue weighted by Crippen LogP contribution is -2.51. The number of hydrogen-bond donors (Lipinski definition) is 2. The third-order valence-electron chi connectivity index (χ3n) is 5.67. The number of hydrogen-bond acceptors (Lipinski definition) is 5. The van der Waals surface area contributed by atoms with Gasteiger partial charge >= 0.3 is 5.97 Å². The van der Waals surface area contributed by atoms with Gasteiger partial charge < -0.3 is 15.3 Å². The number of carbonyl (C=O) groups is 1. The molecule has 144 valence electrons. The first kappa shape index (κ1) is 19.1. The fraction of sp³-hybridized carbons (Fsp3) is 0.700. The molecule has 1 saturated heterocycles. The number of aliphatic carboxylic acids is 1. The number of unbranched alkanes of at least 4 members (excludes halogenated alkanes) is 2. The first-order chi connectivity index (χ1) is 12.6. The third kappa shape index (κ3) is 5.17. The highest BCUT2D eigenvalue weighted by Gasteiger charge is 2.24. The summed E-state index contributed by atoms with van der Waals surface area (Å²) in [4.78, 5) is 20.3. The van der Waals surface area contributed by atoms with Gasteiger partial charge in [0, 0.05) is 38.4 Å². The molecule has 6 heteroatoms. The Morgan fingerprint density at radius 1 is 1.23 bits per heavy atom. The van der Waals surface area contributed by atoms with Crippen LogP contribution in [0.25, 0.3) is 0 Å². The number of anilines is 1. The Balaban J connectivity index is 1.30. The Labute approximate surface area is 156 Å². The van der Waals surface area contributed by atoms with Gasteiger partial charge in [-0.3, -0.25) is 9.69 Å². The number of aromatic nitrogens is 1. The van der Waals surface area contributed by atoms with Crippen LogP contribution in [0.3, 0.4) is 0 Å². The average molecular weight is 361 g/mol. The molecule has 6 nitrogen and oxygen atoms in total. The molecule has 1 aromatic heterocycles. The first-order valence-electron chi connectivity index (χ1n) is 10.1. The molecule has 0 spiro atoms. The van der Waals surface area contributed by atoms with Gasteiger partial charge in [-0.15, -0.1) is 0 Å². The third-order valence-corrected chi connectivity index (χ3v) is 5.67. The van der Waals surface area contributed by atoms with Crippen LogP contribution in [0.15, 0.2) is 12.1 Å². The van der Waals surface area contributed by atoms with E-state index in [4.69, 9.17) is 10.1 Å². The molecule has 1 unspecified atom stereocenters. The van der Waals surface area contributed by atoms with Crippen molar-refractivity contribution in [3.05, 3.63) is 23.4 Å². The normalized spacial score (nSPS) is 19.6. The largest absolute Gasteiger partial charge is 0.480 e. The lowest BCUT2D eigenvalue weighted by Gasteiger charge is -2.36. The fourth-order valence-corrected chi connectivity index (χ4v) is 3.86. The molecule has 0 amide bonds. The molecule has 0 saturated carbocycles. The second kappa shape index (κ2) is 9.33. The van der Waals surface area contributed by atoms with Crippen molar-refractivity contribution in [1.29, 1.82) is 0 Å². The maximum Gasteiger partial charge on any atom is 0.320 e. The summed E-state index contributed by atoms with van der Waals surface area (Å²) in [5, 5.41) is 12.5. The van der Waals surface area contributed by atoms with E-state index >= 15 is 0 Å². The molecule has 0 aliphatic carbocycles. The molecular formula is C20H32N4O2. The molecule has 0 radical (unpaired) electrons. The summed E-state index contributed by atoms with van der Waals surface area (Å²) >= 11 is 0. The number of pyridine rings is 1. The Bertz CT molecular complexity index is 599. The number of fused-ring (bicyclic) bond motifs is 1. The zero-order valence-corrected chi connectivity index (χ0v) is 15.9. The summed E-state index contributed by atoms with van der Waals surface area (Å²) in [5.41, 5.74) is 2.56. The van der Waals surface area contributed by atoms with E-state index in [0.717, 1.165) is 57.9 Å². The van der Waals surface area contributed by atoms with Gasteiger partial charge in [-0.2, -0.15) is 0 Å². The Kier molecular flexibility index (Phi) is 6.86. The van der Waals surface area contributed by atoms with Gasteiger partial charge in [-0.1, -0.05) is 12.5 Å². The van der Waals surface area contributed by atoms with Crippen LogP contribution in [0.2, 0.25) is 0 Å². The van der Waals surface area contributed by atoms with Crippen LogP contribution in [0.5, 0.6) is 0 Å². The SMILES string of the molecule is CC(C(=O)O)N1CCN(CCCCCc2ccc3c(n2)NCCC3)CC1. The fourth-order valence-electron chi connectivity index (χ4n) is 3.86. The highest BCUT2D eigenvalue weighted by molar-refractivity contribution is 5.72. The number of aryl methyl sites for hydroxylation is 2. The maximum atomic E-state index is 11.1. The number of carboxylic acid groups (broad SMARTS) is 1. The van der Waals surface area contributed by atoms with Crippen LogP contribution in [0.4, 0.5) is 5.82 Å². The first-order valence-corrected chi connectivity index (χ1v) is 10.1. The zero-order chi connectivity index (χ0) is 18.4. The van der Waals surface area contributed by atoms with E-state index in [2.05, 4.69) is 27.2 Å². The second-order valence-corrected chi connectivity index (χ2v) is 7.54. The van der Waals surface area contributed by atoms with Gasteiger partial charge in [0.2, 0.25) is 0 Å². The molecule has 26 heavy (non-hydrogen) atoms. The van der Waals surface area contributed by atoms with Crippen LogP contribution in [0, 0.1) is 0 Å². The van der Waals surface area contributed by atoms with E-state index in [1.807, 2.05) is 0 Å². The van der Waals surface area contributed by atoms with Crippen molar-refractivity contribution < 1.29 is 9.90 Å². The maximum absolute atomic E-state index is 11.1. The predicted molar refractivity (Wildman–Crippen MR) is 104 cm³/mol. The molecule has 2 N–H and O–H groups in total. The quantitative estimate of drug-likeness (QED) is 0.693. The molecule has 2 aliphatic rings. The van der Waals surface area contributed by atoms with Crippen molar-refractivity contribution in [3.63, 3.8) is 0 Å². The van der Waals surface area contributed by atoms with E-state index < -0.39 is 5.97 Å². The molecule has 0 aromatic carbocycles. The molecule has 2 aliphatic heterocycles.